The van der Waals surface area contributed by atoms with Gasteiger partial charge in [-0.05, 0) is 6.92 Å². The van der Waals surface area contributed by atoms with Gasteiger partial charge in [0.25, 0.3) is 0 Å². The molecule has 0 spiro atoms. The Morgan fingerprint density at radius 3 is 2.38 bits per heavy atom. The average molecular weight is 185 g/mol. The highest BCUT2D eigenvalue weighted by Gasteiger charge is 2.28. The van der Waals surface area contributed by atoms with Gasteiger partial charge >= 0.3 is 0 Å². The number of hydrogen-bond donors (Lipinski definition) is 0. The second kappa shape index (κ2) is 4.74. The maximum atomic E-state index is 10.5. The van der Waals surface area contributed by atoms with Crippen molar-refractivity contribution in [2.45, 2.75) is 39.2 Å². The summed E-state index contributed by atoms with van der Waals surface area (Å²) in [6.07, 6.45) is 4.07. The molecule has 74 valence electrons. The molecule has 0 bridgehead atoms. The zero-order valence-electron chi connectivity index (χ0n) is 8.24. The number of Topliss-reactive ketones (excluding diaryl/α,β-unsaturated/α-hetero) is 1. The summed E-state index contributed by atoms with van der Waals surface area (Å²) >= 11 is 0. The number of nitro groups is 1. The second-order valence-corrected chi connectivity index (χ2v) is 3.65. The first-order valence-corrected chi connectivity index (χ1v) is 4.15. The van der Waals surface area contributed by atoms with Crippen molar-refractivity contribution in [3.05, 3.63) is 22.3 Å². The van der Waals surface area contributed by atoms with Gasteiger partial charge in [0.05, 0.1) is 0 Å². The van der Waals surface area contributed by atoms with Gasteiger partial charge in [-0.25, -0.2) is 0 Å². The lowest BCUT2D eigenvalue weighted by atomic mass is 10.0. The molecule has 0 atom stereocenters. The summed E-state index contributed by atoms with van der Waals surface area (Å²) in [5, 5.41) is 10.5. The zero-order chi connectivity index (χ0) is 10.5. The molecule has 0 aromatic rings. The Balaban J connectivity index is 3.94. The van der Waals surface area contributed by atoms with Gasteiger partial charge in [0.1, 0.15) is 5.78 Å². The first kappa shape index (κ1) is 11.8. The number of nitrogens with zero attached hydrogens (tertiary/aromatic N) is 1. The van der Waals surface area contributed by atoms with Crippen molar-refractivity contribution in [3.63, 3.8) is 0 Å². The van der Waals surface area contributed by atoms with Crippen molar-refractivity contribution in [3.8, 4) is 0 Å². The van der Waals surface area contributed by atoms with Gasteiger partial charge in [-0.15, -0.1) is 0 Å². The average Bonchev–Trinajstić information content (AvgIpc) is 1.97. The third-order valence-electron chi connectivity index (χ3n) is 1.68. The van der Waals surface area contributed by atoms with Crippen LogP contribution < -0.4 is 0 Å². The van der Waals surface area contributed by atoms with Gasteiger partial charge < -0.3 is 0 Å². The minimum atomic E-state index is -0.937. The minimum Gasteiger partial charge on any atom is -0.300 e. The third-order valence-corrected chi connectivity index (χ3v) is 1.68. The summed E-state index contributed by atoms with van der Waals surface area (Å²) in [5.74, 6) is 0.0650. The lowest BCUT2D eigenvalue weighted by molar-refractivity contribution is -0.559. The molecule has 0 aliphatic carbocycles. The van der Waals surface area contributed by atoms with E-state index >= 15 is 0 Å². The van der Waals surface area contributed by atoms with E-state index in [1.165, 1.54) is 6.92 Å². The highest BCUT2D eigenvalue weighted by atomic mass is 16.6. The maximum absolute atomic E-state index is 10.5. The molecule has 0 aromatic heterocycles. The SMILES string of the molecule is CC(=O)C/C=C/CC(C)(C)[N+](=O)[O-]. The highest BCUT2D eigenvalue weighted by molar-refractivity contribution is 5.76. The van der Waals surface area contributed by atoms with Crippen LogP contribution in [0.3, 0.4) is 0 Å². The van der Waals surface area contributed by atoms with E-state index in [1.807, 2.05) is 0 Å². The number of carbonyl (C=O) groups is 1. The molecule has 0 aliphatic rings. The third kappa shape index (κ3) is 5.11. The minimum absolute atomic E-state index is 0.0650. The summed E-state index contributed by atoms with van der Waals surface area (Å²) in [6.45, 7) is 4.61. The molecule has 0 aromatic carbocycles. The standard InChI is InChI=1S/C9H15NO3/c1-8(11)6-4-5-7-9(2,3)10(12)13/h4-5H,6-7H2,1-3H3/b5-4+. The number of rotatable bonds is 5. The maximum Gasteiger partial charge on any atom is 0.220 e. The molecule has 4 heteroatoms. The summed E-state index contributed by atoms with van der Waals surface area (Å²) in [6, 6.07) is 0. The van der Waals surface area contributed by atoms with Gasteiger partial charge in [0.2, 0.25) is 5.54 Å². The number of allylic oxidation sites excluding steroid dienone is 1. The van der Waals surface area contributed by atoms with Crippen LogP contribution in [0.1, 0.15) is 33.6 Å². The molecule has 0 aliphatic heterocycles. The number of hydrogen-bond acceptors (Lipinski definition) is 3. The van der Waals surface area contributed by atoms with E-state index in [0.717, 1.165) is 0 Å². The largest absolute Gasteiger partial charge is 0.300 e. The van der Waals surface area contributed by atoms with Crippen LogP contribution in [0.4, 0.5) is 0 Å². The fourth-order valence-corrected chi connectivity index (χ4v) is 0.696. The molecule has 0 amide bonds. The summed E-state index contributed by atoms with van der Waals surface area (Å²) in [4.78, 5) is 20.7. The van der Waals surface area contributed by atoms with Crippen molar-refractivity contribution >= 4 is 5.78 Å². The number of carbonyl (C=O) groups excluding carboxylic acids is 1. The molecule has 0 saturated heterocycles. The molecule has 0 unspecified atom stereocenters. The Morgan fingerprint density at radius 1 is 1.46 bits per heavy atom. The van der Waals surface area contributed by atoms with Crippen LogP contribution in [-0.4, -0.2) is 16.2 Å². The van der Waals surface area contributed by atoms with Crippen LogP contribution in [0.2, 0.25) is 0 Å². The predicted octanol–water partition coefficient (Wildman–Crippen LogP) is 1.97. The Labute approximate surface area is 77.8 Å². The lowest BCUT2D eigenvalue weighted by Gasteiger charge is -2.12. The topological polar surface area (TPSA) is 60.2 Å². The lowest BCUT2D eigenvalue weighted by Crippen LogP contribution is -2.29. The van der Waals surface area contributed by atoms with Gasteiger partial charge in [0, 0.05) is 31.6 Å². The molecule has 0 heterocycles. The van der Waals surface area contributed by atoms with Gasteiger partial charge in [-0.1, -0.05) is 12.2 Å². The smallest absolute Gasteiger partial charge is 0.220 e. The van der Waals surface area contributed by atoms with E-state index in [1.54, 1.807) is 26.0 Å². The van der Waals surface area contributed by atoms with Crippen LogP contribution in [0.15, 0.2) is 12.2 Å². The first-order chi connectivity index (χ1) is 5.86. The van der Waals surface area contributed by atoms with Gasteiger partial charge in [0.15, 0.2) is 0 Å². The van der Waals surface area contributed by atoms with E-state index in [-0.39, 0.29) is 10.7 Å². The van der Waals surface area contributed by atoms with Crippen molar-refractivity contribution < 1.29 is 9.72 Å². The van der Waals surface area contributed by atoms with E-state index in [0.29, 0.717) is 12.8 Å². The molecule has 13 heavy (non-hydrogen) atoms. The molecule has 0 N–H and O–H groups in total. The summed E-state index contributed by atoms with van der Waals surface area (Å²) < 4.78 is 0. The summed E-state index contributed by atoms with van der Waals surface area (Å²) in [5.41, 5.74) is -0.937. The molecule has 0 radical (unpaired) electrons. The fraction of sp³-hybridized carbons (Fsp3) is 0.667. The molecular weight excluding hydrogens is 170 g/mol. The Morgan fingerprint density at radius 2 is 2.00 bits per heavy atom. The first-order valence-electron chi connectivity index (χ1n) is 4.15. The van der Waals surface area contributed by atoms with Crippen LogP contribution in [0.5, 0.6) is 0 Å². The molecule has 0 saturated carbocycles. The van der Waals surface area contributed by atoms with Crippen molar-refractivity contribution in [2.75, 3.05) is 0 Å². The van der Waals surface area contributed by atoms with Crippen molar-refractivity contribution in [1.29, 1.82) is 0 Å². The van der Waals surface area contributed by atoms with Crippen LogP contribution in [0, 0.1) is 10.1 Å². The Bertz CT molecular complexity index is 231. The monoisotopic (exact) mass is 185 g/mol. The fourth-order valence-electron chi connectivity index (χ4n) is 0.696. The normalized spacial score (nSPS) is 11.9. The van der Waals surface area contributed by atoms with Crippen LogP contribution in [-0.2, 0) is 4.79 Å². The zero-order valence-corrected chi connectivity index (χ0v) is 8.24. The molecular formula is C9H15NO3. The van der Waals surface area contributed by atoms with E-state index in [4.69, 9.17) is 0 Å². The Kier molecular flexibility index (Phi) is 4.31. The van der Waals surface area contributed by atoms with Crippen molar-refractivity contribution in [2.24, 2.45) is 0 Å². The quantitative estimate of drug-likeness (QED) is 0.373. The molecule has 0 fully saturated rings. The Hall–Kier alpha value is -1.19. The molecule has 0 rings (SSSR count). The number of ketones is 1. The predicted molar refractivity (Wildman–Crippen MR) is 50.1 cm³/mol. The highest BCUT2D eigenvalue weighted by Crippen LogP contribution is 2.13. The van der Waals surface area contributed by atoms with E-state index in [9.17, 15) is 14.9 Å². The molecule has 4 nitrogen and oxygen atoms in total. The van der Waals surface area contributed by atoms with Gasteiger partial charge in [-0.3, -0.25) is 14.9 Å². The summed E-state index contributed by atoms with van der Waals surface area (Å²) in [7, 11) is 0. The van der Waals surface area contributed by atoms with Gasteiger partial charge in [-0.2, -0.15) is 0 Å². The van der Waals surface area contributed by atoms with Crippen molar-refractivity contribution in [1.82, 2.24) is 0 Å². The van der Waals surface area contributed by atoms with E-state index < -0.39 is 5.54 Å². The second-order valence-electron chi connectivity index (χ2n) is 3.65. The van der Waals surface area contributed by atoms with E-state index in [2.05, 4.69) is 0 Å². The van der Waals surface area contributed by atoms with Crippen LogP contribution in [0.25, 0.3) is 0 Å². The van der Waals surface area contributed by atoms with Crippen LogP contribution >= 0.6 is 0 Å².